The number of hydrogen-bond acceptors (Lipinski definition) is 3. The van der Waals surface area contributed by atoms with Crippen LogP contribution < -0.4 is 0 Å². The molecule has 1 aromatic rings. The molecule has 0 saturated heterocycles. The van der Waals surface area contributed by atoms with Crippen molar-refractivity contribution in [3.05, 3.63) is 32.3 Å². The van der Waals surface area contributed by atoms with Crippen LogP contribution >= 0.6 is 15.9 Å². The lowest BCUT2D eigenvalue weighted by atomic mass is 10.3. The van der Waals surface area contributed by atoms with Crippen LogP contribution in [0, 0.1) is 16.1 Å². The Bertz CT molecular complexity index is 362. The van der Waals surface area contributed by atoms with Gasteiger partial charge in [0, 0.05) is 0 Å². The quantitative estimate of drug-likeness (QED) is 0.472. The Morgan fingerprint density at radius 2 is 2.14 bits per heavy atom. The summed E-state index contributed by atoms with van der Waals surface area (Å²) in [5.74, 6) is -1.53. The third kappa shape index (κ3) is 2.00. The van der Waals surface area contributed by atoms with Gasteiger partial charge < -0.3 is 0 Å². The summed E-state index contributed by atoms with van der Waals surface area (Å²) in [6, 6.07) is 0.714. The summed E-state index contributed by atoms with van der Waals surface area (Å²) in [5.41, 5.74) is -1.80. The number of halogens is 4. The fourth-order valence-electron chi connectivity index (χ4n) is 0.770. The number of hydrogen-bond donors (Lipinski definition) is 0. The summed E-state index contributed by atoms with van der Waals surface area (Å²) in [5, 5.41) is 10.2. The van der Waals surface area contributed by atoms with Gasteiger partial charge in [-0.05, 0) is 22.0 Å². The molecule has 0 amide bonds. The molecule has 0 fully saturated rings. The summed E-state index contributed by atoms with van der Waals surface area (Å²) in [7, 11) is 0. The number of nitro groups is 1. The van der Waals surface area contributed by atoms with Gasteiger partial charge in [0.25, 0.3) is 12.4 Å². The van der Waals surface area contributed by atoms with E-state index in [0.717, 1.165) is 0 Å². The van der Waals surface area contributed by atoms with Gasteiger partial charge in [-0.3, -0.25) is 10.1 Å². The number of alkyl halides is 2. The summed E-state index contributed by atoms with van der Waals surface area (Å²) >= 11 is 2.61. The van der Waals surface area contributed by atoms with Gasteiger partial charge in [0.15, 0.2) is 0 Å². The molecule has 0 bridgehead atoms. The van der Waals surface area contributed by atoms with Crippen LogP contribution in [-0.4, -0.2) is 9.91 Å². The molecule has 0 spiro atoms. The van der Waals surface area contributed by atoms with E-state index in [-0.39, 0.29) is 4.47 Å². The van der Waals surface area contributed by atoms with Crippen LogP contribution in [-0.2, 0) is 0 Å². The van der Waals surface area contributed by atoms with Gasteiger partial charge in [0.05, 0.1) is 4.92 Å². The number of rotatable bonds is 2. The van der Waals surface area contributed by atoms with E-state index in [1.807, 2.05) is 0 Å². The Morgan fingerprint density at radius 3 is 2.50 bits per heavy atom. The monoisotopic (exact) mass is 270 g/mol. The van der Waals surface area contributed by atoms with Crippen molar-refractivity contribution in [1.29, 1.82) is 0 Å². The average molecular weight is 271 g/mol. The van der Waals surface area contributed by atoms with Gasteiger partial charge in [0.2, 0.25) is 0 Å². The van der Waals surface area contributed by atoms with Crippen molar-refractivity contribution in [3.8, 4) is 0 Å². The van der Waals surface area contributed by atoms with E-state index in [1.165, 1.54) is 0 Å². The first-order valence-electron chi connectivity index (χ1n) is 3.22. The predicted octanol–water partition coefficient (Wildman–Crippen LogP) is 2.83. The van der Waals surface area contributed by atoms with Crippen LogP contribution in [0.2, 0.25) is 0 Å². The molecule has 0 aliphatic carbocycles. The molecule has 0 atom stereocenters. The molecule has 76 valence electrons. The minimum absolute atomic E-state index is 0.356. The molecule has 4 nitrogen and oxygen atoms in total. The highest BCUT2D eigenvalue weighted by molar-refractivity contribution is 9.10. The molecular formula is C6H2BrF3N2O2. The normalized spacial score (nSPS) is 10.6. The van der Waals surface area contributed by atoms with E-state index in [4.69, 9.17) is 0 Å². The van der Waals surface area contributed by atoms with Crippen molar-refractivity contribution >= 4 is 21.6 Å². The molecule has 0 aromatic carbocycles. The summed E-state index contributed by atoms with van der Waals surface area (Å²) in [6.45, 7) is 0. The Labute approximate surface area is 84.0 Å². The highest BCUT2D eigenvalue weighted by Crippen LogP contribution is 2.30. The Hall–Kier alpha value is -1.18. The fourth-order valence-corrected chi connectivity index (χ4v) is 1.31. The van der Waals surface area contributed by atoms with Crippen LogP contribution in [0.5, 0.6) is 0 Å². The van der Waals surface area contributed by atoms with Crippen molar-refractivity contribution in [2.45, 2.75) is 6.43 Å². The zero-order chi connectivity index (χ0) is 10.9. The molecule has 0 N–H and O–H groups in total. The first kappa shape index (κ1) is 10.9. The first-order valence-corrected chi connectivity index (χ1v) is 4.01. The summed E-state index contributed by atoms with van der Waals surface area (Å²) in [4.78, 5) is 12.0. The second-order valence-corrected chi connectivity index (χ2v) is 3.08. The zero-order valence-electron chi connectivity index (χ0n) is 6.38. The molecule has 0 aliphatic heterocycles. The molecule has 0 radical (unpaired) electrons. The zero-order valence-corrected chi connectivity index (χ0v) is 7.96. The van der Waals surface area contributed by atoms with Gasteiger partial charge in [0.1, 0.15) is 10.2 Å². The molecule has 0 saturated carbocycles. The Kier molecular flexibility index (Phi) is 3.04. The van der Waals surface area contributed by atoms with Crippen molar-refractivity contribution < 1.29 is 18.1 Å². The lowest BCUT2D eigenvalue weighted by molar-refractivity contribution is -0.388. The SMILES string of the molecule is O=[N+]([O-])c1c(Br)cc(C(F)F)nc1F. The maximum atomic E-state index is 12.8. The second-order valence-electron chi connectivity index (χ2n) is 2.23. The van der Waals surface area contributed by atoms with Crippen LogP contribution in [0.25, 0.3) is 0 Å². The standard InChI is InChI=1S/C6H2BrF3N2O2/c7-2-1-3(5(8)9)11-6(10)4(2)12(13)14/h1,5H. The second kappa shape index (κ2) is 3.91. The molecule has 1 rings (SSSR count). The lowest BCUT2D eigenvalue weighted by Crippen LogP contribution is -2.00. The van der Waals surface area contributed by atoms with Crippen LogP contribution in [0.4, 0.5) is 18.9 Å². The molecule has 0 aliphatic rings. The fraction of sp³-hybridized carbons (Fsp3) is 0.167. The van der Waals surface area contributed by atoms with E-state index in [9.17, 15) is 23.3 Å². The van der Waals surface area contributed by atoms with Gasteiger partial charge in [-0.25, -0.2) is 13.8 Å². The minimum atomic E-state index is -2.97. The number of aromatic nitrogens is 1. The van der Waals surface area contributed by atoms with Gasteiger partial charge in [-0.2, -0.15) is 4.39 Å². The number of nitrogens with zero attached hydrogens (tertiary/aromatic N) is 2. The van der Waals surface area contributed by atoms with Crippen molar-refractivity contribution in [2.75, 3.05) is 0 Å². The third-order valence-corrected chi connectivity index (χ3v) is 1.93. The summed E-state index contributed by atoms with van der Waals surface area (Å²) < 4.78 is 36.5. The molecule has 0 unspecified atom stereocenters. The molecule has 14 heavy (non-hydrogen) atoms. The van der Waals surface area contributed by atoms with E-state index in [1.54, 1.807) is 0 Å². The van der Waals surface area contributed by atoms with Gasteiger partial charge in [-0.1, -0.05) is 0 Å². The third-order valence-electron chi connectivity index (χ3n) is 1.33. The highest BCUT2D eigenvalue weighted by atomic mass is 79.9. The Balaban J connectivity index is 3.32. The topological polar surface area (TPSA) is 56.0 Å². The van der Waals surface area contributed by atoms with E-state index in [0.29, 0.717) is 6.07 Å². The predicted molar refractivity (Wildman–Crippen MR) is 43.5 cm³/mol. The van der Waals surface area contributed by atoms with E-state index < -0.39 is 28.7 Å². The lowest BCUT2D eigenvalue weighted by Gasteiger charge is -2.00. The van der Waals surface area contributed by atoms with Crippen LogP contribution in [0.15, 0.2) is 10.5 Å². The smallest absolute Gasteiger partial charge is 0.258 e. The van der Waals surface area contributed by atoms with Crippen molar-refractivity contribution in [2.24, 2.45) is 0 Å². The molecule has 1 heterocycles. The number of pyridine rings is 1. The van der Waals surface area contributed by atoms with Gasteiger partial charge in [-0.15, -0.1) is 0 Å². The highest BCUT2D eigenvalue weighted by Gasteiger charge is 2.24. The first-order chi connectivity index (χ1) is 6.43. The molecular weight excluding hydrogens is 269 g/mol. The van der Waals surface area contributed by atoms with E-state index in [2.05, 4.69) is 20.9 Å². The maximum Gasteiger partial charge on any atom is 0.338 e. The van der Waals surface area contributed by atoms with Gasteiger partial charge >= 0.3 is 5.69 Å². The Morgan fingerprint density at radius 1 is 1.57 bits per heavy atom. The average Bonchev–Trinajstić information content (AvgIpc) is 2.01. The van der Waals surface area contributed by atoms with Crippen molar-refractivity contribution in [3.63, 3.8) is 0 Å². The minimum Gasteiger partial charge on any atom is -0.258 e. The summed E-state index contributed by atoms with van der Waals surface area (Å²) in [6.07, 6.45) is -2.97. The van der Waals surface area contributed by atoms with Crippen molar-refractivity contribution in [1.82, 2.24) is 4.98 Å². The molecule has 1 aromatic heterocycles. The maximum absolute atomic E-state index is 12.8. The van der Waals surface area contributed by atoms with E-state index >= 15 is 0 Å². The van der Waals surface area contributed by atoms with Crippen LogP contribution in [0.1, 0.15) is 12.1 Å². The van der Waals surface area contributed by atoms with Crippen LogP contribution in [0.3, 0.4) is 0 Å². The largest absolute Gasteiger partial charge is 0.338 e. The molecule has 8 heteroatoms.